The summed E-state index contributed by atoms with van der Waals surface area (Å²) in [4.78, 5) is 14.5. The Hall–Kier alpha value is -1.26. The van der Waals surface area contributed by atoms with E-state index in [-0.39, 0.29) is 11.9 Å². The van der Waals surface area contributed by atoms with Gasteiger partial charge in [0.15, 0.2) is 6.10 Å². The van der Waals surface area contributed by atoms with Gasteiger partial charge in [0.1, 0.15) is 5.75 Å². The molecule has 2 N–H and O–H groups in total. The topological polar surface area (TPSA) is 55.6 Å². The predicted molar refractivity (Wildman–Crippen MR) is 84.5 cm³/mol. The Kier molecular flexibility index (Phi) is 5.48. The summed E-state index contributed by atoms with van der Waals surface area (Å²) >= 11 is 5.93. The summed E-state index contributed by atoms with van der Waals surface area (Å²) in [6.07, 6.45) is 1.56. The lowest BCUT2D eigenvalue weighted by molar-refractivity contribution is -0.142. The van der Waals surface area contributed by atoms with Crippen LogP contribution in [-0.2, 0) is 4.79 Å². The second kappa shape index (κ2) is 7.14. The molecule has 116 valence electrons. The fourth-order valence-corrected chi connectivity index (χ4v) is 2.89. The highest BCUT2D eigenvalue weighted by Gasteiger charge is 2.31. The van der Waals surface area contributed by atoms with Gasteiger partial charge in [0.05, 0.1) is 0 Å². The SMILES string of the molecule is CC(Oc1cccc(Cl)c1)C(=O)N1CC(CN)CCC1C. The zero-order valence-corrected chi connectivity index (χ0v) is 13.3. The number of carbonyl (C=O) groups excluding carboxylic acids is 1. The zero-order chi connectivity index (χ0) is 15.4. The van der Waals surface area contributed by atoms with Gasteiger partial charge in [-0.25, -0.2) is 0 Å². The molecule has 0 spiro atoms. The van der Waals surface area contributed by atoms with E-state index in [4.69, 9.17) is 22.1 Å². The lowest BCUT2D eigenvalue weighted by Crippen LogP contribution is -2.51. The van der Waals surface area contributed by atoms with Crippen LogP contribution in [0.25, 0.3) is 0 Å². The molecule has 21 heavy (non-hydrogen) atoms. The Labute approximate surface area is 131 Å². The molecule has 1 amide bonds. The number of piperidine rings is 1. The first-order valence-corrected chi connectivity index (χ1v) is 7.81. The van der Waals surface area contributed by atoms with Gasteiger partial charge in [-0.15, -0.1) is 0 Å². The minimum absolute atomic E-state index is 0.0145. The smallest absolute Gasteiger partial charge is 0.263 e. The molecule has 1 aromatic carbocycles. The number of rotatable bonds is 4. The molecule has 1 fully saturated rings. The van der Waals surface area contributed by atoms with E-state index in [2.05, 4.69) is 6.92 Å². The third-order valence-electron chi connectivity index (χ3n) is 4.05. The normalized spacial score (nSPS) is 23.7. The molecule has 3 unspecified atom stereocenters. The third-order valence-corrected chi connectivity index (χ3v) is 4.29. The van der Waals surface area contributed by atoms with Crippen LogP contribution in [0.1, 0.15) is 26.7 Å². The summed E-state index contributed by atoms with van der Waals surface area (Å²) in [5, 5.41) is 0.599. The average molecular weight is 311 g/mol. The standard InChI is InChI=1S/C16H23ClN2O2/c1-11-6-7-13(9-18)10-19(11)16(20)12(2)21-15-5-3-4-14(17)8-15/h3-5,8,11-13H,6-7,9-10,18H2,1-2H3. The summed E-state index contributed by atoms with van der Waals surface area (Å²) in [6, 6.07) is 7.35. The number of hydrogen-bond donors (Lipinski definition) is 1. The molecular weight excluding hydrogens is 288 g/mol. The molecule has 0 aromatic heterocycles. The van der Waals surface area contributed by atoms with Crippen molar-refractivity contribution in [3.63, 3.8) is 0 Å². The number of nitrogens with two attached hydrogens (primary N) is 1. The first-order valence-electron chi connectivity index (χ1n) is 7.44. The predicted octanol–water partition coefficient (Wildman–Crippen LogP) is 2.69. The molecule has 1 aromatic rings. The minimum atomic E-state index is -0.526. The average Bonchev–Trinajstić information content (AvgIpc) is 2.47. The van der Waals surface area contributed by atoms with Gasteiger partial charge < -0.3 is 15.4 Å². The minimum Gasteiger partial charge on any atom is -0.481 e. The van der Waals surface area contributed by atoms with Gasteiger partial charge in [0.25, 0.3) is 5.91 Å². The van der Waals surface area contributed by atoms with Crippen molar-refractivity contribution in [3.05, 3.63) is 29.3 Å². The van der Waals surface area contributed by atoms with E-state index >= 15 is 0 Å². The molecule has 1 aliphatic rings. The molecule has 3 atom stereocenters. The number of benzene rings is 1. The molecule has 0 radical (unpaired) electrons. The van der Waals surface area contributed by atoms with Gasteiger partial charge in [0.2, 0.25) is 0 Å². The lowest BCUT2D eigenvalue weighted by Gasteiger charge is -2.38. The Morgan fingerprint density at radius 2 is 2.29 bits per heavy atom. The van der Waals surface area contributed by atoms with E-state index in [1.807, 2.05) is 11.0 Å². The third kappa shape index (κ3) is 4.11. The number of amides is 1. The van der Waals surface area contributed by atoms with E-state index in [1.54, 1.807) is 25.1 Å². The monoisotopic (exact) mass is 310 g/mol. The van der Waals surface area contributed by atoms with Crippen molar-refractivity contribution in [1.29, 1.82) is 0 Å². The molecule has 4 nitrogen and oxygen atoms in total. The molecular formula is C16H23ClN2O2. The van der Waals surface area contributed by atoms with Gasteiger partial charge >= 0.3 is 0 Å². The van der Waals surface area contributed by atoms with Gasteiger partial charge in [-0.05, 0) is 57.4 Å². The molecule has 0 saturated carbocycles. The Balaban J connectivity index is 2.00. The maximum absolute atomic E-state index is 12.6. The maximum Gasteiger partial charge on any atom is 0.263 e. The van der Waals surface area contributed by atoms with Crippen LogP contribution in [0.5, 0.6) is 5.75 Å². The first kappa shape index (κ1) is 16.1. The second-order valence-electron chi connectivity index (χ2n) is 5.74. The Morgan fingerprint density at radius 1 is 1.52 bits per heavy atom. The number of halogens is 1. The fourth-order valence-electron chi connectivity index (χ4n) is 2.71. The van der Waals surface area contributed by atoms with Crippen molar-refractivity contribution in [3.8, 4) is 5.75 Å². The highest BCUT2D eigenvalue weighted by molar-refractivity contribution is 6.30. The van der Waals surface area contributed by atoms with Crippen LogP contribution in [0.2, 0.25) is 5.02 Å². The van der Waals surface area contributed by atoms with E-state index < -0.39 is 6.10 Å². The van der Waals surface area contributed by atoms with Crippen LogP contribution in [0.3, 0.4) is 0 Å². The van der Waals surface area contributed by atoms with Crippen LogP contribution in [0.4, 0.5) is 0 Å². The van der Waals surface area contributed by atoms with Crippen LogP contribution < -0.4 is 10.5 Å². The Morgan fingerprint density at radius 3 is 2.95 bits per heavy atom. The molecule has 0 bridgehead atoms. The highest BCUT2D eigenvalue weighted by Crippen LogP contribution is 2.23. The maximum atomic E-state index is 12.6. The quantitative estimate of drug-likeness (QED) is 0.930. The summed E-state index contributed by atoms with van der Waals surface area (Å²) in [5.41, 5.74) is 5.74. The van der Waals surface area contributed by atoms with Gasteiger partial charge in [0, 0.05) is 17.6 Å². The summed E-state index contributed by atoms with van der Waals surface area (Å²) in [5.74, 6) is 1.02. The molecule has 2 rings (SSSR count). The van der Waals surface area contributed by atoms with E-state index in [9.17, 15) is 4.79 Å². The highest BCUT2D eigenvalue weighted by atomic mass is 35.5. The number of nitrogens with zero attached hydrogens (tertiary/aromatic N) is 1. The second-order valence-corrected chi connectivity index (χ2v) is 6.17. The van der Waals surface area contributed by atoms with Crippen LogP contribution in [0, 0.1) is 5.92 Å². The van der Waals surface area contributed by atoms with Crippen molar-refractivity contribution in [2.24, 2.45) is 11.7 Å². The summed E-state index contributed by atoms with van der Waals surface area (Å²) < 4.78 is 5.72. The largest absolute Gasteiger partial charge is 0.481 e. The summed E-state index contributed by atoms with van der Waals surface area (Å²) in [7, 11) is 0. The first-order chi connectivity index (χ1) is 10.0. The number of ether oxygens (including phenoxy) is 1. The number of likely N-dealkylation sites (tertiary alicyclic amines) is 1. The van der Waals surface area contributed by atoms with Crippen molar-refractivity contribution in [2.75, 3.05) is 13.1 Å². The van der Waals surface area contributed by atoms with Crippen molar-refractivity contribution >= 4 is 17.5 Å². The molecule has 5 heteroatoms. The van der Waals surface area contributed by atoms with E-state index in [0.29, 0.717) is 23.2 Å². The Bertz CT molecular complexity index is 495. The van der Waals surface area contributed by atoms with Gasteiger partial charge in [-0.3, -0.25) is 4.79 Å². The molecule has 1 aliphatic heterocycles. The van der Waals surface area contributed by atoms with Crippen LogP contribution in [-0.4, -0.2) is 36.0 Å². The number of carbonyl (C=O) groups is 1. The van der Waals surface area contributed by atoms with E-state index in [1.165, 1.54) is 0 Å². The van der Waals surface area contributed by atoms with Crippen molar-refractivity contribution in [1.82, 2.24) is 4.90 Å². The van der Waals surface area contributed by atoms with Crippen molar-refractivity contribution in [2.45, 2.75) is 38.8 Å². The van der Waals surface area contributed by atoms with Gasteiger partial charge in [-0.1, -0.05) is 17.7 Å². The zero-order valence-electron chi connectivity index (χ0n) is 12.6. The van der Waals surface area contributed by atoms with Crippen LogP contribution in [0.15, 0.2) is 24.3 Å². The lowest BCUT2D eigenvalue weighted by atomic mass is 9.93. The molecule has 1 saturated heterocycles. The number of hydrogen-bond acceptors (Lipinski definition) is 3. The van der Waals surface area contributed by atoms with E-state index in [0.717, 1.165) is 19.4 Å². The summed E-state index contributed by atoms with van der Waals surface area (Å²) in [6.45, 7) is 5.21. The molecule has 1 heterocycles. The van der Waals surface area contributed by atoms with Crippen molar-refractivity contribution < 1.29 is 9.53 Å². The van der Waals surface area contributed by atoms with Crippen LogP contribution >= 0.6 is 11.6 Å². The molecule has 0 aliphatic carbocycles. The fraction of sp³-hybridized carbons (Fsp3) is 0.562. The van der Waals surface area contributed by atoms with Gasteiger partial charge in [-0.2, -0.15) is 0 Å².